The quantitative estimate of drug-likeness (QED) is 0.732. The number of rotatable bonds is 5. The predicted molar refractivity (Wildman–Crippen MR) is 91.8 cm³/mol. The Labute approximate surface area is 135 Å². The highest BCUT2D eigenvalue weighted by Gasteiger charge is 2.19. The number of nitrogens with two attached hydrogens (primary N) is 1. The van der Waals surface area contributed by atoms with Gasteiger partial charge in [0, 0.05) is 6.54 Å². The van der Waals surface area contributed by atoms with Crippen LogP contribution in [0, 0.1) is 5.82 Å². The molecule has 0 spiro atoms. The van der Waals surface area contributed by atoms with Gasteiger partial charge in [0.1, 0.15) is 17.2 Å². The van der Waals surface area contributed by atoms with Gasteiger partial charge in [-0.1, -0.05) is 30.9 Å². The largest absolute Gasteiger partial charge is 0.478 e. The van der Waals surface area contributed by atoms with Gasteiger partial charge in [0.25, 0.3) is 0 Å². The molecule has 5 nitrogen and oxygen atoms in total. The summed E-state index contributed by atoms with van der Waals surface area (Å²) in [4.78, 5) is 15.4. The van der Waals surface area contributed by atoms with Crippen molar-refractivity contribution >= 4 is 30.7 Å². The Kier molecular flexibility index (Phi) is 4.81. The summed E-state index contributed by atoms with van der Waals surface area (Å²) in [5.74, 6) is -1.48. The van der Waals surface area contributed by atoms with Crippen LogP contribution in [0.4, 0.5) is 15.9 Å². The Morgan fingerprint density at radius 2 is 2.00 bits per heavy atom. The molecule has 0 atom stereocenters. The van der Waals surface area contributed by atoms with Gasteiger partial charge in [0.2, 0.25) is 0 Å². The van der Waals surface area contributed by atoms with E-state index in [1.807, 2.05) is 6.07 Å². The van der Waals surface area contributed by atoms with E-state index < -0.39 is 19.9 Å². The van der Waals surface area contributed by atoms with Crippen LogP contribution in [-0.2, 0) is 6.54 Å². The molecule has 7 heteroatoms. The van der Waals surface area contributed by atoms with Crippen LogP contribution in [0.1, 0.15) is 16.1 Å². The fourth-order valence-electron chi connectivity index (χ4n) is 2.09. The molecule has 0 fully saturated rings. The highest BCUT2D eigenvalue weighted by atomic mass is 28.3. The van der Waals surface area contributed by atoms with Crippen molar-refractivity contribution in [2.45, 2.75) is 26.2 Å². The number of aromatic carboxylic acids is 1. The van der Waals surface area contributed by atoms with Gasteiger partial charge >= 0.3 is 5.97 Å². The minimum absolute atomic E-state index is 0.0316. The van der Waals surface area contributed by atoms with Crippen LogP contribution in [0.2, 0.25) is 19.6 Å². The maximum atomic E-state index is 14.3. The number of aromatic nitrogens is 1. The average Bonchev–Trinajstić information content (AvgIpc) is 2.47. The zero-order valence-corrected chi connectivity index (χ0v) is 14.4. The third kappa shape index (κ3) is 3.94. The molecule has 1 heterocycles. The lowest BCUT2D eigenvalue weighted by Crippen LogP contribution is -2.37. The van der Waals surface area contributed by atoms with Crippen LogP contribution >= 0.6 is 0 Å². The molecule has 0 aliphatic rings. The van der Waals surface area contributed by atoms with Gasteiger partial charge in [-0.25, -0.2) is 14.2 Å². The minimum atomic E-state index is -1.62. The maximum absolute atomic E-state index is 14.3. The number of carboxylic acids is 1. The number of halogens is 1. The van der Waals surface area contributed by atoms with Crippen LogP contribution in [0.15, 0.2) is 30.3 Å². The van der Waals surface area contributed by atoms with Gasteiger partial charge in [0.15, 0.2) is 0 Å². The number of benzene rings is 1. The molecule has 0 bridgehead atoms. The number of hydrogen-bond acceptors (Lipinski definition) is 4. The Bertz CT molecular complexity index is 745. The summed E-state index contributed by atoms with van der Waals surface area (Å²) in [7, 11) is -1.62. The Hall–Kier alpha value is -2.25. The van der Waals surface area contributed by atoms with E-state index in [-0.39, 0.29) is 23.6 Å². The van der Waals surface area contributed by atoms with Crippen molar-refractivity contribution in [3.8, 4) is 0 Å². The van der Waals surface area contributed by atoms with Crippen molar-refractivity contribution in [2.75, 3.05) is 5.32 Å². The molecule has 122 valence electrons. The molecular formula is C16H20FN3O2Si. The lowest BCUT2D eigenvalue weighted by molar-refractivity contribution is 0.0697. The first-order valence-corrected chi connectivity index (χ1v) is 10.7. The van der Waals surface area contributed by atoms with E-state index in [2.05, 4.69) is 29.9 Å². The predicted octanol–water partition coefficient (Wildman–Crippen LogP) is 2.67. The Balaban J connectivity index is 2.41. The molecule has 0 unspecified atom stereocenters. The molecule has 4 N–H and O–H groups in total. The van der Waals surface area contributed by atoms with Gasteiger partial charge in [-0.05, 0) is 24.3 Å². The number of nitrogens with one attached hydrogen (secondary N) is 1. The molecular weight excluding hydrogens is 313 g/mol. The van der Waals surface area contributed by atoms with Crippen LogP contribution in [0.25, 0.3) is 0 Å². The smallest absolute Gasteiger partial charge is 0.339 e. The van der Waals surface area contributed by atoms with Crippen molar-refractivity contribution in [3.63, 3.8) is 0 Å². The van der Waals surface area contributed by atoms with Gasteiger partial charge in [-0.15, -0.1) is 0 Å². The van der Waals surface area contributed by atoms with Gasteiger partial charge in [0.05, 0.1) is 19.5 Å². The maximum Gasteiger partial charge on any atom is 0.339 e. The van der Waals surface area contributed by atoms with E-state index >= 15 is 0 Å². The van der Waals surface area contributed by atoms with Gasteiger partial charge in [-0.3, -0.25) is 0 Å². The minimum Gasteiger partial charge on any atom is -0.478 e. The SMILES string of the molecule is C[Si](C)(C)c1ccc(Nc2nc(CN)ccc2C(=O)O)c(F)c1. The second kappa shape index (κ2) is 6.47. The van der Waals surface area contributed by atoms with Crippen LogP contribution in [0.3, 0.4) is 0 Å². The van der Waals surface area contributed by atoms with E-state index in [9.17, 15) is 14.3 Å². The van der Waals surface area contributed by atoms with Crippen molar-refractivity contribution in [3.05, 3.63) is 47.4 Å². The van der Waals surface area contributed by atoms with Crippen molar-refractivity contribution in [1.29, 1.82) is 0 Å². The molecule has 0 amide bonds. The molecule has 1 aromatic carbocycles. The van der Waals surface area contributed by atoms with E-state index in [1.54, 1.807) is 12.1 Å². The number of carboxylic acid groups (broad SMARTS) is 1. The van der Waals surface area contributed by atoms with E-state index in [1.165, 1.54) is 12.1 Å². The number of nitrogens with zero attached hydrogens (tertiary/aromatic N) is 1. The van der Waals surface area contributed by atoms with Crippen molar-refractivity contribution in [1.82, 2.24) is 4.98 Å². The highest BCUT2D eigenvalue weighted by molar-refractivity contribution is 6.88. The third-order valence-corrected chi connectivity index (χ3v) is 5.52. The summed E-state index contributed by atoms with van der Waals surface area (Å²) in [6.07, 6.45) is 0. The second-order valence-electron chi connectivity index (χ2n) is 6.28. The number of carbonyl (C=O) groups is 1. The molecule has 2 aromatic rings. The van der Waals surface area contributed by atoms with Crippen molar-refractivity contribution in [2.24, 2.45) is 5.73 Å². The number of anilines is 2. The van der Waals surface area contributed by atoms with E-state index in [0.29, 0.717) is 5.69 Å². The Morgan fingerprint density at radius 1 is 1.30 bits per heavy atom. The lowest BCUT2D eigenvalue weighted by atomic mass is 10.2. The second-order valence-corrected chi connectivity index (χ2v) is 11.4. The summed E-state index contributed by atoms with van der Waals surface area (Å²) >= 11 is 0. The van der Waals surface area contributed by atoms with Crippen LogP contribution in [0.5, 0.6) is 0 Å². The molecule has 0 aliphatic carbocycles. The zero-order chi connectivity index (χ0) is 17.2. The monoisotopic (exact) mass is 333 g/mol. The van der Waals surface area contributed by atoms with E-state index in [0.717, 1.165) is 5.19 Å². The molecule has 0 radical (unpaired) electrons. The lowest BCUT2D eigenvalue weighted by Gasteiger charge is -2.18. The highest BCUT2D eigenvalue weighted by Crippen LogP contribution is 2.22. The molecule has 0 aliphatic heterocycles. The Morgan fingerprint density at radius 3 is 2.52 bits per heavy atom. The normalized spacial score (nSPS) is 11.3. The summed E-state index contributed by atoms with van der Waals surface area (Å²) in [5, 5.41) is 13.0. The molecule has 2 rings (SSSR count). The van der Waals surface area contributed by atoms with Crippen LogP contribution in [-0.4, -0.2) is 24.1 Å². The topological polar surface area (TPSA) is 88.2 Å². The zero-order valence-electron chi connectivity index (χ0n) is 13.4. The first kappa shape index (κ1) is 17.1. The first-order chi connectivity index (χ1) is 10.7. The fraction of sp³-hybridized carbons (Fsp3) is 0.250. The molecule has 0 saturated heterocycles. The molecule has 0 saturated carbocycles. The standard InChI is InChI=1S/C16H20FN3O2Si/c1-23(2,3)11-5-7-14(13(17)8-11)20-15-12(16(21)22)6-4-10(9-18)19-15/h4-8H,9,18H2,1-3H3,(H,19,20)(H,21,22). The summed E-state index contributed by atoms with van der Waals surface area (Å²) < 4.78 is 14.3. The first-order valence-electron chi connectivity index (χ1n) is 7.22. The summed E-state index contributed by atoms with van der Waals surface area (Å²) in [6.45, 7) is 6.56. The average molecular weight is 333 g/mol. The summed E-state index contributed by atoms with van der Waals surface area (Å²) in [6, 6.07) is 7.94. The van der Waals surface area contributed by atoms with Crippen LogP contribution < -0.4 is 16.2 Å². The number of pyridine rings is 1. The molecule has 23 heavy (non-hydrogen) atoms. The summed E-state index contributed by atoms with van der Waals surface area (Å²) in [5.41, 5.74) is 6.21. The van der Waals surface area contributed by atoms with Gasteiger partial charge < -0.3 is 16.2 Å². The van der Waals surface area contributed by atoms with Gasteiger partial charge in [-0.2, -0.15) is 0 Å². The molecule has 1 aromatic heterocycles. The van der Waals surface area contributed by atoms with Crippen molar-refractivity contribution < 1.29 is 14.3 Å². The number of hydrogen-bond donors (Lipinski definition) is 3. The fourth-order valence-corrected chi connectivity index (χ4v) is 3.23. The third-order valence-electron chi connectivity index (χ3n) is 3.48. The van der Waals surface area contributed by atoms with E-state index in [4.69, 9.17) is 5.73 Å².